The van der Waals surface area contributed by atoms with Crippen molar-refractivity contribution in [2.75, 3.05) is 39.4 Å². The predicted octanol–water partition coefficient (Wildman–Crippen LogP) is 5.71. The summed E-state index contributed by atoms with van der Waals surface area (Å²) in [6.45, 7) is 2.90. The zero-order chi connectivity index (χ0) is 25.4. The predicted molar refractivity (Wildman–Crippen MR) is 117 cm³/mol. The number of ether oxygens (including phenoxy) is 1. The van der Waals surface area contributed by atoms with Crippen LogP contribution in [-0.4, -0.2) is 61.1 Å². The SMILES string of the molecule is O=C(c1cc(C(F)(F)F)cc(C(F)(F)F)c1)N1CC[C@@H](N2CCOCC2)[C@@H](c2ccc(Cl)cc2)C1. The Morgan fingerprint density at radius 1 is 0.886 bits per heavy atom. The first-order chi connectivity index (χ1) is 16.4. The summed E-state index contributed by atoms with van der Waals surface area (Å²) >= 11 is 6.02. The third-order valence-corrected chi connectivity index (χ3v) is 6.76. The molecule has 0 aromatic heterocycles. The van der Waals surface area contributed by atoms with Crippen molar-refractivity contribution in [1.82, 2.24) is 9.80 Å². The average molecular weight is 521 g/mol. The van der Waals surface area contributed by atoms with E-state index >= 15 is 0 Å². The Balaban J connectivity index is 1.65. The first-order valence-corrected chi connectivity index (χ1v) is 11.5. The first kappa shape index (κ1) is 25.8. The number of halogens is 7. The zero-order valence-electron chi connectivity index (χ0n) is 18.5. The summed E-state index contributed by atoms with van der Waals surface area (Å²) in [5.41, 5.74) is -2.75. The average Bonchev–Trinajstić information content (AvgIpc) is 2.83. The number of alkyl halides is 6. The van der Waals surface area contributed by atoms with Gasteiger partial charge in [0.15, 0.2) is 0 Å². The molecule has 0 unspecified atom stereocenters. The van der Waals surface area contributed by atoms with Gasteiger partial charge in [0.05, 0.1) is 24.3 Å². The molecule has 0 bridgehead atoms. The van der Waals surface area contributed by atoms with E-state index in [1.807, 2.05) is 12.1 Å². The van der Waals surface area contributed by atoms with Gasteiger partial charge in [-0.25, -0.2) is 0 Å². The molecule has 190 valence electrons. The van der Waals surface area contributed by atoms with Crippen LogP contribution in [0.1, 0.15) is 39.4 Å². The Morgan fingerprint density at radius 3 is 2.00 bits per heavy atom. The third-order valence-electron chi connectivity index (χ3n) is 6.51. The van der Waals surface area contributed by atoms with E-state index in [1.165, 1.54) is 4.90 Å². The summed E-state index contributed by atoms with van der Waals surface area (Å²) in [5.74, 6) is -1.06. The van der Waals surface area contributed by atoms with E-state index in [2.05, 4.69) is 4.90 Å². The number of hydrogen-bond acceptors (Lipinski definition) is 3. The monoisotopic (exact) mass is 520 g/mol. The molecule has 0 saturated carbocycles. The highest BCUT2D eigenvalue weighted by atomic mass is 35.5. The van der Waals surface area contributed by atoms with E-state index in [1.54, 1.807) is 12.1 Å². The number of carbonyl (C=O) groups is 1. The van der Waals surface area contributed by atoms with Crippen LogP contribution in [0.3, 0.4) is 0 Å². The minimum atomic E-state index is -5.02. The van der Waals surface area contributed by atoms with Crippen molar-refractivity contribution < 1.29 is 35.9 Å². The Hall–Kier alpha value is -2.30. The smallest absolute Gasteiger partial charge is 0.379 e. The highest BCUT2D eigenvalue weighted by Crippen LogP contribution is 2.38. The lowest BCUT2D eigenvalue weighted by Gasteiger charge is -2.45. The van der Waals surface area contributed by atoms with Gasteiger partial charge in [-0.15, -0.1) is 0 Å². The molecule has 4 nitrogen and oxygen atoms in total. The van der Waals surface area contributed by atoms with Crippen LogP contribution >= 0.6 is 11.6 Å². The second-order valence-electron chi connectivity index (χ2n) is 8.71. The van der Waals surface area contributed by atoms with Crippen LogP contribution in [0.2, 0.25) is 5.02 Å². The molecule has 35 heavy (non-hydrogen) atoms. The quantitative estimate of drug-likeness (QED) is 0.486. The van der Waals surface area contributed by atoms with Gasteiger partial charge in [0.25, 0.3) is 5.91 Å². The molecular formula is C24H23ClF6N2O2. The minimum Gasteiger partial charge on any atom is -0.379 e. The van der Waals surface area contributed by atoms with Crippen molar-refractivity contribution in [1.29, 1.82) is 0 Å². The van der Waals surface area contributed by atoms with E-state index in [9.17, 15) is 31.1 Å². The maximum Gasteiger partial charge on any atom is 0.416 e. The highest BCUT2D eigenvalue weighted by Gasteiger charge is 2.40. The Kier molecular flexibility index (Phi) is 7.36. The highest BCUT2D eigenvalue weighted by molar-refractivity contribution is 6.30. The summed E-state index contributed by atoms with van der Waals surface area (Å²) in [5, 5.41) is 0.532. The molecule has 2 aromatic rings. The Bertz CT molecular complexity index is 1020. The maximum absolute atomic E-state index is 13.3. The van der Waals surface area contributed by atoms with Crippen molar-refractivity contribution in [3.05, 3.63) is 69.7 Å². The molecule has 1 amide bonds. The number of likely N-dealkylation sites (tertiary alicyclic amines) is 1. The second-order valence-corrected chi connectivity index (χ2v) is 9.14. The van der Waals surface area contributed by atoms with Crippen LogP contribution in [-0.2, 0) is 17.1 Å². The maximum atomic E-state index is 13.3. The standard InChI is InChI=1S/C24H23ClF6N2O2/c25-19-3-1-15(2-4-19)20-14-33(6-5-21(20)32-7-9-35-10-8-32)22(34)16-11-17(23(26,27)28)13-18(12-16)24(29,30)31/h1-4,11-13,20-21H,5-10,14H2/t20-,21-/m1/s1. The molecule has 0 spiro atoms. The first-order valence-electron chi connectivity index (χ1n) is 11.1. The molecule has 4 rings (SSSR count). The number of benzene rings is 2. The van der Waals surface area contributed by atoms with Crippen molar-refractivity contribution >= 4 is 17.5 Å². The third kappa shape index (κ3) is 5.92. The van der Waals surface area contributed by atoms with Crippen LogP contribution in [0.15, 0.2) is 42.5 Å². The molecule has 2 aliphatic rings. The van der Waals surface area contributed by atoms with Gasteiger partial charge in [-0.2, -0.15) is 26.3 Å². The number of amides is 1. The Morgan fingerprint density at radius 2 is 1.46 bits per heavy atom. The van der Waals surface area contributed by atoms with Crippen molar-refractivity contribution in [2.24, 2.45) is 0 Å². The van der Waals surface area contributed by atoms with Gasteiger partial charge in [-0.1, -0.05) is 23.7 Å². The van der Waals surface area contributed by atoms with Crippen LogP contribution in [0.5, 0.6) is 0 Å². The van der Waals surface area contributed by atoms with Crippen LogP contribution in [0, 0.1) is 0 Å². The molecule has 0 aliphatic carbocycles. The van der Waals surface area contributed by atoms with Crippen LogP contribution < -0.4 is 0 Å². The van der Waals surface area contributed by atoms with Crippen LogP contribution in [0.25, 0.3) is 0 Å². The number of nitrogens with zero attached hydrogens (tertiary/aromatic N) is 2. The van der Waals surface area contributed by atoms with Gasteiger partial charge < -0.3 is 9.64 Å². The molecule has 2 aromatic carbocycles. The van der Waals surface area contributed by atoms with Gasteiger partial charge in [0.1, 0.15) is 0 Å². The number of rotatable bonds is 3. The number of morpholine rings is 1. The lowest BCUT2D eigenvalue weighted by atomic mass is 9.84. The van der Waals surface area contributed by atoms with Crippen LogP contribution in [0.4, 0.5) is 26.3 Å². The molecule has 2 heterocycles. The molecule has 11 heteroatoms. The lowest BCUT2D eigenvalue weighted by Crippen LogP contribution is -2.54. The van der Waals surface area contributed by atoms with E-state index in [0.29, 0.717) is 49.9 Å². The fraction of sp³-hybridized carbons (Fsp3) is 0.458. The molecule has 2 atom stereocenters. The molecule has 2 saturated heterocycles. The van der Waals surface area contributed by atoms with Gasteiger partial charge in [0.2, 0.25) is 0 Å². The van der Waals surface area contributed by atoms with Crippen molar-refractivity contribution in [3.8, 4) is 0 Å². The van der Waals surface area contributed by atoms with Gasteiger partial charge >= 0.3 is 12.4 Å². The summed E-state index contributed by atoms with van der Waals surface area (Å²) in [7, 11) is 0. The Labute approximate surface area is 203 Å². The van der Waals surface area contributed by atoms with Gasteiger partial charge in [-0.3, -0.25) is 9.69 Å². The van der Waals surface area contributed by atoms with Gasteiger partial charge in [-0.05, 0) is 42.3 Å². The van der Waals surface area contributed by atoms with Crippen molar-refractivity contribution in [2.45, 2.75) is 30.7 Å². The van der Waals surface area contributed by atoms with E-state index < -0.39 is 35.0 Å². The summed E-state index contributed by atoms with van der Waals surface area (Å²) in [6.07, 6.45) is -9.53. The van der Waals surface area contributed by atoms with Crippen molar-refractivity contribution in [3.63, 3.8) is 0 Å². The largest absolute Gasteiger partial charge is 0.416 e. The molecule has 2 fully saturated rings. The second kappa shape index (κ2) is 9.99. The number of hydrogen-bond donors (Lipinski definition) is 0. The molecule has 2 aliphatic heterocycles. The summed E-state index contributed by atoms with van der Waals surface area (Å²) in [6, 6.07) is 8.15. The summed E-state index contributed by atoms with van der Waals surface area (Å²) in [4.78, 5) is 16.8. The minimum absolute atomic E-state index is 0.0258. The van der Waals surface area contributed by atoms with E-state index in [0.717, 1.165) is 5.56 Å². The number of piperidine rings is 1. The number of carbonyl (C=O) groups excluding carboxylic acids is 1. The molecular weight excluding hydrogens is 498 g/mol. The lowest BCUT2D eigenvalue weighted by molar-refractivity contribution is -0.143. The fourth-order valence-electron chi connectivity index (χ4n) is 4.77. The molecule has 0 radical (unpaired) electrons. The fourth-order valence-corrected chi connectivity index (χ4v) is 4.89. The van der Waals surface area contributed by atoms with E-state index in [-0.39, 0.29) is 31.1 Å². The topological polar surface area (TPSA) is 32.8 Å². The normalized spacial score (nSPS) is 22.3. The zero-order valence-corrected chi connectivity index (χ0v) is 19.3. The molecule has 0 N–H and O–H groups in total. The van der Waals surface area contributed by atoms with Gasteiger partial charge in [0, 0.05) is 48.7 Å². The summed E-state index contributed by atoms with van der Waals surface area (Å²) < 4.78 is 85.2. The van der Waals surface area contributed by atoms with E-state index in [4.69, 9.17) is 16.3 Å².